The second-order valence-electron chi connectivity index (χ2n) is 7.49. The van der Waals surface area contributed by atoms with Crippen molar-refractivity contribution in [2.45, 2.75) is 26.5 Å². The normalized spacial score (nSPS) is 13.6. The first-order valence-electron chi connectivity index (χ1n) is 10.1. The maximum absolute atomic E-state index is 6.75. The summed E-state index contributed by atoms with van der Waals surface area (Å²) in [7, 11) is 0. The van der Waals surface area contributed by atoms with Gasteiger partial charge in [-0.2, -0.15) is 0 Å². The molecule has 0 saturated heterocycles. The number of fused-ring (bicyclic) bond motifs is 2. The van der Waals surface area contributed by atoms with Crippen molar-refractivity contribution in [3.8, 4) is 11.5 Å². The number of benzene rings is 2. The third-order valence-corrected chi connectivity index (χ3v) is 5.79. The highest BCUT2D eigenvalue weighted by Crippen LogP contribution is 2.37. The third kappa shape index (κ3) is 3.99. The van der Waals surface area contributed by atoms with Gasteiger partial charge in [0.25, 0.3) is 0 Å². The van der Waals surface area contributed by atoms with Crippen molar-refractivity contribution in [1.82, 2.24) is 20.0 Å². The lowest BCUT2D eigenvalue weighted by atomic mass is 10.1. The van der Waals surface area contributed by atoms with Gasteiger partial charge in [0.2, 0.25) is 0 Å². The molecule has 2 aromatic heterocycles. The maximum Gasteiger partial charge on any atom is 0.146 e. The zero-order chi connectivity index (χ0) is 21.2. The molecular weight excluding hydrogens is 412 g/mol. The first kappa shape index (κ1) is 19.6. The molecule has 2 aromatic carbocycles. The van der Waals surface area contributed by atoms with E-state index in [0.717, 1.165) is 56.2 Å². The van der Waals surface area contributed by atoms with Crippen LogP contribution in [0.3, 0.4) is 0 Å². The second-order valence-corrected chi connectivity index (χ2v) is 7.87. The highest BCUT2D eigenvalue weighted by atomic mass is 35.5. The molecule has 4 aromatic rings. The average Bonchev–Trinajstić information content (AvgIpc) is 3.18. The molecule has 0 radical (unpaired) electrons. The number of nitrogens with zero attached hydrogens (tertiary/aromatic N) is 4. The van der Waals surface area contributed by atoms with Crippen molar-refractivity contribution in [2.24, 2.45) is 0 Å². The van der Waals surface area contributed by atoms with Crippen LogP contribution in [0.25, 0.3) is 15.9 Å². The summed E-state index contributed by atoms with van der Waals surface area (Å²) >= 11 is 6.75. The zero-order valence-corrected chi connectivity index (χ0v) is 17.8. The molecule has 1 aliphatic rings. The van der Waals surface area contributed by atoms with Crippen molar-refractivity contribution in [2.75, 3.05) is 6.61 Å². The van der Waals surface area contributed by atoms with Crippen molar-refractivity contribution in [1.29, 1.82) is 0 Å². The molecule has 156 valence electrons. The number of aryl methyl sites for hydroxylation is 1. The average molecular weight is 433 g/mol. The van der Waals surface area contributed by atoms with Crippen molar-refractivity contribution >= 4 is 27.5 Å². The Balaban J connectivity index is 1.32. The predicted molar refractivity (Wildman–Crippen MR) is 120 cm³/mol. The molecule has 0 N–H and O–H groups in total. The summed E-state index contributed by atoms with van der Waals surface area (Å²) in [6, 6.07) is 15.8. The number of aromatic nitrogens is 4. The Kier molecular flexibility index (Phi) is 5.30. The molecule has 0 saturated carbocycles. The molecule has 0 unspecified atom stereocenters. The van der Waals surface area contributed by atoms with Gasteiger partial charge >= 0.3 is 0 Å². The van der Waals surface area contributed by atoms with E-state index in [2.05, 4.69) is 15.3 Å². The number of pyridine rings is 1. The third-order valence-electron chi connectivity index (χ3n) is 5.32. The molecule has 0 aliphatic carbocycles. The number of ether oxygens (including phenoxy) is 2. The van der Waals surface area contributed by atoms with E-state index in [-0.39, 0.29) is 0 Å². The lowest BCUT2D eigenvalue weighted by Gasteiger charge is -2.10. The fourth-order valence-corrected chi connectivity index (χ4v) is 4.07. The Labute approximate surface area is 185 Å². The summed E-state index contributed by atoms with van der Waals surface area (Å²) in [4.78, 5) is 4.42. The van der Waals surface area contributed by atoms with Crippen molar-refractivity contribution in [3.63, 3.8) is 0 Å². The Hall–Kier alpha value is -3.38. The second kappa shape index (κ2) is 8.40. The molecule has 0 bridgehead atoms. The van der Waals surface area contributed by atoms with Gasteiger partial charge in [-0.15, -0.1) is 5.10 Å². The molecule has 0 atom stereocenters. The monoisotopic (exact) mass is 432 g/mol. The molecule has 5 rings (SSSR count). The Morgan fingerprint density at radius 3 is 2.94 bits per heavy atom. The highest BCUT2D eigenvalue weighted by Gasteiger charge is 2.19. The van der Waals surface area contributed by atoms with E-state index in [4.69, 9.17) is 21.1 Å². The first-order valence-corrected chi connectivity index (χ1v) is 10.5. The SMILES string of the molecule is Cc1cccc2c1OCCC(Cn1cc(COc3cccc4cccnc34)nn1)=C2Cl. The van der Waals surface area contributed by atoms with Crippen LogP contribution in [0.15, 0.2) is 66.5 Å². The van der Waals surface area contributed by atoms with E-state index >= 15 is 0 Å². The Morgan fingerprint density at radius 1 is 1.13 bits per heavy atom. The van der Waals surface area contributed by atoms with Crippen LogP contribution in [0.4, 0.5) is 0 Å². The lowest BCUT2D eigenvalue weighted by molar-refractivity contribution is 0.304. The summed E-state index contributed by atoms with van der Waals surface area (Å²) in [5.74, 6) is 1.59. The fourth-order valence-electron chi connectivity index (χ4n) is 3.76. The van der Waals surface area contributed by atoms with Crippen LogP contribution in [0.2, 0.25) is 0 Å². The topological polar surface area (TPSA) is 62.1 Å². The van der Waals surface area contributed by atoms with Gasteiger partial charge in [0, 0.05) is 23.6 Å². The van der Waals surface area contributed by atoms with Crippen LogP contribution in [-0.4, -0.2) is 26.6 Å². The molecule has 6 nitrogen and oxygen atoms in total. The first-order chi connectivity index (χ1) is 15.2. The maximum atomic E-state index is 6.75. The van der Waals surface area contributed by atoms with Crippen LogP contribution in [0, 0.1) is 6.92 Å². The van der Waals surface area contributed by atoms with E-state index in [9.17, 15) is 0 Å². The molecule has 31 heavy (non-hydrogen) atoms. The van der Waals surface area contributed by atoms with Gasteiger partial charge in [-0.1, -0.05) is 47.1 Å². The molecule has 7 heteroatoms. The molecule has 0 fully saturated rings. The van der Waals surface area contributed by atoms with Crippen molar-refractivity contribution < 1.29 is 9.47 Å². The minimum Gasteiger partial charge on any atom is -0.492 e. The summed E-state index contributed by atoms with van der Waals surface area (Å²) < 4.78 is 13.7. The largest absolute Gasteiger partial charge is 0.492 e. The van der Waals surface area contributed by atoms with Gasteiger partial charge in [-0.25, -0.2) is 4.68 Å². The summed E-state index contributed by atoms with van der Waals surface area (Å²) in [6.07, 6.45) is 4.39. The van der Waals surface area contributed by atoms with Gasteiger partial charge in [-0.05, 0) is 36.3 Å². The van der Waals surface area contributed by atoms with Crippen LogP contribution in [0.5, 0.6) is 11.5 Å². The number of halogens is 1. The summed E-state index contributed by atoms with van der Waals surface area (Å²) in [5.41, 5.74) is 4.66. The van der Waals surface area contributed by atoms with E-state index in [1.54, 1.807) is 10.9 Å². The highest BCUT2D eigenvalue weighted by molar-refractivity contribution is 6.49. The molecule has 0 spiro atoms. The van der Waals surface area contributed by atoms with E-state index in [0.29, 0.717) is 19.8 Å². The van der Waals surface area contributed by atoms with Crippen LogP contribution >= 0.6 is 11.6 Å². The molecule has 0 amide bonds. The van der Waals surface area contributed by atoms with Gasteiger partial charge in [0.05, 0.1) is 24.4 Å². The van der Waals surface area contributed by atoms with Gasteiger partial charge in [0.15, 0.2) is 0 Å². The molecule has 3 heterocycles. The molecule has 1 aliphatic heterocycles. The Bertz CT molecular complexity index is 1280. The smallest absolute Gasteiger partial charge is 0.146 e. The van der Waals surface area contributed by atoms with Gasteiger partial charge in [-0.3, -0.25) is 4.98 Å². The van der Waals surface area contributed by atoms with E-state index in [1.165, 1.54) is 0 Å². The molecular formula is C24H21ClN4O2. The number of rotatable bonds is 5. The number of hydrogen-bond donors (Lipinski definition) is 0. The number of para-hydroxylation sites is 2. The van der Waals surface area contributed by atoms with Crippen LogP contribution in [-0.2, 0) is 13.2 Å². The standard InChI is InChI=1S/C24H21ClN4O2/c1-16-5-2-8-20-22(25)18(10-12-30-24(16)20)13-29-14-19(27-28-29)15-31-21-9-3-6-17-7-4-11-26-23(17)21/h2-9,11,14H,10,12-13,15H2,1H3. The quantitative estimate of drug-likeness (QED) is 0.436. The van der Waals surface area contributed by atoms with Gasteiger partial charge < -0.3 is 9.47 Å². The minimum atomic E-state index is 0.313. The number of hydrogen-bond acceptors (Lipinski definition) is 5. The van der Waals surface area contributed by atoms with E-state index in [1.807, 2.05) is 61.7 Å². The van der Waals surface area contributed by atoms with Crippen LogP contribution < -0.4 is 9.47 Å². The minimum absolute atomic E-state index is 0.313. The zero-order valence-electron chi connectivity index (χ0n) is 17.1. The van der Waals surface area contributed by atoms with Gasteiger partial charge in [0.1, 0.15) is 29.3 Å². The lowest BCUT2D eigenvalue weighted by Crippen LogP contribution is -2.05. The Morgan fingerprint density at radius 2 is 2.00 bits per heavy atom. The predicted octanol–water partition coefficient (Wildman–Crippen LogP) is 5.15. The fraction of sp³-hybridized carbons (Fsp3) is 0.208. The van der Waals surface area contributed by atoms with Crippen molar-refractivity contribution in [3.05, 3.63) is 83.3 Å². The van der Waals surface area contributed by atoms with E-state index < -0.39 is 0 Å². The summed E-state index contributed by atoms with van der Waals surface area (Å²) in [6.45, 7) is 3.48. The van der Waals surface area contributed by atoms with Crippen LogP contribution in [0.1, 0.15) is 23.2 Å². The summed E-state index contributed by atoms with van der Waals surface area (Å²) in [5, 5.41) is 10.3.